The zero-order chi connectivity index (χ0) is 31.6. The number of ketones is 1. The van der Waals surface area contributed by atoms with E-state index in [4.69, 9.17) is 9.47 Å². The van der Waals surface area contributed by atoms with Crippen molar-refractivity contribution in [3.8, 4) is 0 Å². The molecule has 0 fully saturated rings. The number of Topliss-reactive ketones (excluding diaryl/α,β-unsaturated/α-hetero) is 1. The molecule has 1 heterocycles. The number of non-ortho nitro benzene ring substituents is 1. The van der Waals surface area contributed by atoms with Crippen LogP contribution in [0.2, 0.25) is 0 Å². The molecule has 0 unspecified atom stereocenters. The quantitative estimate of drug-likeness (QED) is 0.231. The molecule has 226 valence electrons. The zero-order valence-electron chi connectivity index (χ0n) is 24.4. The van der Waals surface area contributed by atoms with Crippen molar-refractivity contribution < 1.29 is 33.6 Å². The number of halogens is 1. The zero-order valence-corrected chi connectivity index (χ0v) is 25.9. The van der Waals surface area contributed by atoms with Crippen LogP contribution in [0, 0.1) is 15.5 Å². The molecule has 1 aliphatic heterocycles. The second-order valence-electron chi connectivity index (χ2n) is 11.4. The van der Waals surface area contributed by atoms with E-state index in [1.807, 2.05) is 38.1 Å². The van der Waals surface area contributed by atoms with Gasteiger partial charge in [-0.25, -0.2) is 9.59 Å². The fourth-order valence-electron chi connectivity index (χ4n) is 5.48. The van der Waals surface area contributed by atoms with Crippen molar-refractivity contribution in [2.75, 3.05) is 7.11 Å². The number of benzene rings is 2. The van der Waals surface area contributed by atoms with Gasteiger partial charge in [-0.3, -0.25) is 19.7 Å². The fraction of sp³-hybridized carbons (Fsp3) is 0.355. The Bertz CT molecular complexity index is 1560. The van der Waals surface area contributed by atoms with E-state index in [-0.39, 0.29) is 28.0 Å². The van der Waals surface area contributed by atoms with Crippen LogP contribution in [0.15, 0.2) is 75.5 Å². The van der Waals surface area contributed by atoms with Crippen LogP contribution in [-0.4, -0.2) is 47.8 Å². The molecule has 43 heavy (non-hydrogen) atoms. The smallest absolute Gasteiger partial charge is 0.337 e. The number of nitro groups is 1. The van der Waals surface area contributed by atoms with E-state index in [0.29, 0.717) is 29.7 Å². The summed E-state index contributed by atoms with van der Waals surface area (Å²) in [6.07, 6.45) is -0.289. The van der Waals surface area contributed by atoms with E-state index >= 15 is 0 Å². The molecule has 0 spiro atoms. The molecule has 2 aromatic carbocycles. The lowest BCUT2D eigenvalue weighted by atomic mass is 9.68. The molecular weight excluding hydrogens is 622 g/mol. The van der Waals surface area contributed by atoms with Gasteiger partial charge in [0.15, 0.2) is 11.8 Å². The maximum Gasteiger partial charge on any atom is 0.337 e. The summed E-state index contributed by atoms with van der Waals surface area (Å²) in [5.74, 6) is -3.26. The van der Waals surface area contributed by atoms with Gasteiger partial charge >= 0.3 is 11.9 Å². The van der Waals surface area contributed by atoms with Crippen LogP contribution < -0.4 is 10.6 Å². The van der Waals surface area contributed by atoms with Crippen molar-refractivity contribution >= 4 is 45.2 Å². The van der Waals surface area contributed by atoms with E-state index in [0.717, 1.165) is 23.3 Å². The summed E-state index contributed by atoms with van der Waals surface area (Å²) >= 11 is 3.43. The second kappa shape index (κ2) is 12.5. The first-order valence-electron chi connectivity index (χ1n) is 13.6. The summed E-state index contributed by atoms with van der Waals surface area (Å²) in [6, 6.07) is 10.9. The number of dihydropyridines is 1. The Labute approximate surface area is 257 Å². The highest BCUT2D eigenvalue weighted by molar-refractivity contribution is 9.10. The number of ether oxygens (including phenoxy) is 2. The SMILES string of the molecule is COC(=O)[C@@H](NC(=O)c1cccc([N+](=O)[O-])c1)[C@@H](C)OC(=O)C1=C(C)NC2=C(C(=O)CC(C)(C)C2)[C@@H]1c1ccc(Br)cc1. The van der Waals surface area contributed by atoms with Crippen LogP contribution in [0.3, 0.4) is 0 Å². The monoisotopic (exact) mass is 653 g/mol. The Kier molecular flexibility index (Phi) is 9.19. The van der Waals surface area contributed by atoms with Gasteiger partial charge in [-0.1, -0.05) is 48.0 Å². The summed E-state index contributed by atoms with van der Waals surface area (Å²) in [7, 11) is 1.12. The van der Waals surface area contributed by atoms with Crippen molar-refractivity contribution in [1.29, 1.82) is 0 Å². The Hall–Kier alpha value is -4.32. The topological polar surface area (TPSA) is 154 Å². The van der Waals surface area contributed by atoms with Gasteiger partial charge in [0.25, 0.3) is 11.6 Å². The first-order chi connectivity index (χ1) is 20.2. The average Bonchev–Trinajstić information content (AvgIpc) is 2.94. The Morgan fingerprint density at radius 2 is 1.81 bits per heavy atom. The summed E-state index contributed by atoms with van der Waals surface area (Å²) in [5, 5.41) is 16.9. The van der Waals surface area contributed by atoms with Gasteiger partial charge in [-0.2, -0.15) is 0 Å². The van der Waals surface area contributed by atoms with Gasteiger partial charge in [0.1, 0.15) is 6.10 Å². The highest BCUT2D eigenvalue weighted by atomic mass is 79.9. The van der Waals surface area contributed by atoms with Crippen LogP contribution in [0.5, 0.6) is 0 Å². The fourth-order valence-corrected chi connectivity index (χ4v) is 5.74. The predicted octanol–water partition coefficient (Wildman–Crippen LogP) is 4.86. The van der Waals surface area contributed by atoms with E-state index in [9.17, 15) is 29.3 Å². The van der Waals surface area contributed by atoms with Crippen LogP contribution in [-0.2, 0) is 23.9 Å². The molecule has 0 bridgehead atoms. The van der Waals surface area contributed by atoms with Crippen molar-refractivity contribution in [2.45, 2.75) is 58.6 Å². The van der Waals surface area contributed by atoms with Gasteiger partial charge in [0, 0.05) is 51.5 Å². The number of hydrogen-bond donors (Lipinski definition) is 2. The standard InChI is InChI=1S/C31H32BrN3O8/c1-16-24(25(18-9-11-20(32)12-10-18)26-22(33-16)14-31(3,4)15-23(26)36)29(38)43-17(2)27(30(39)42-5)34-28(37)19-7-6-8-21(13-19)35(40)41/h6-13,17,25,27,33H,14-15H2,1-5H3,(H,34,37)/t17-,25-,27+/m1/s1. The summed E-state index contributed by atoms with van der Waals surface area (Å²) in [4.78, 5) is 63.6. The van der Waals surface area contributed by atoms with E-state index in [1.165, 1.54) is 25.1 Å². The van der Waals surface area contributed by atoms with Crippen molar-refractivity contribution in [3.63, 3.8) is 0 Å². The number of allylic oxidation sites excluding steroid dienone is 3. The average molecular weight is 655 g/mol. The van der Waals surface area contributed by atoms with Gasteiger partial charge in [-0.05, 0) is 49.4 Å². The number of hydrogen-bond acceptors (Lipinski definition) is 9. The van der Waals surface area contributed by atoms with Crippen LogP contribution in [0.4, 0.5) is 5.69 Å². The Balaban J connectivity index is 1.65. The summed E-state index contributed by atoms with van der Waals surface area (Å²) < 4.78 is 11.5. The number of carbonyl (C=O) groups is 4. The minimum Gasteiger partial charge on any atom is -0.467 e. The third-order valence-corrected chi connectivity index (χ3v) is 8.01. The molecule has 4 rings (SSSR count). The van der Waals surface area contributed by atoms with Crippen molar-refractivity contribution in [3.05, 3.63) is 96.8 Å². The highest BCUT2D eigenvalue weighted by Gasteiger charge is 2.44. The first kappa shape index (κ1) is 31.6. The van der Waals surface area contributed by atoms with Gasteiger partial charge in [0.2, 0.25) is 0 Å². The van der Waals surface area contributed by atoms with Gasteiger partial charge < -0.3 is 20.1 Å². The lowest BCUT2D eigenvalue weighted by Crippen LogP contribution is -2.50. The van der Waals surface area contributed by atoms with E-state index in [2.05, 4.69) is 26.6 Å². The number of nitrogens with zero attached hydrogens (tertiary/aromatic N) is 1. The summed E-state index contributed by atoms with van der Waals surface area (Å²) in [6.45, 7) is 7.19. The third-order valence-electron chi connectivity index (χ3n) is 7.49. The maximum absolute atomic E-state index is 13.9. The molecule has 2 aliphatic rings. The Morgan fingerprint density at radius 1 is 1.14 bits per heavy atom. The molecule has 0 aromatic heterocycles. The molecule has 0 saturated heterocycles. The predicted molar refractivity (Wildman–Crippen MR) is 160 cm³/mol. The van der Waals surface area contributed by atoms with Crippen LogP contribution in [0.25, 0.3) is 0 Å². The van der Waals surface area contributed by atoms with E-state index < -0.39 is 40.8 Å². The largest absolute Gasteiger partial charge is 0.467 e. The number of methoxy groups -OCH3 is 1. The molecule has 2 aromatic rings. The molecule has 11 nitrogen and oxygen atoms in total. The van der Waals surface area contributed by atoms with Gasteiger partial charge in [-0.15, -0.1) is 0 Å². The molecular formula is C31H32BrN3O8. The molecule has 0 saturated carbocycles. The minimum absolute atomic E-state index is 0.0647. The molecule has 12 heteroatoms. The number of esters is 2. The minimum atomic E-state index is -1.43. The third kappa shape index (κ3) is 6.85. The molecule has 1 amide bonds. The number of nitrogens with one attached hydrogen (secondary N) is 2. The molecule has 1 aliphatic carbocycles. The Morgan fingerprint density at radius 3 is 2.44 bits per heavy atom. The van der Waals surface area contributed by atoms with Gasteiger partial charge in [0.05, 0.1) is 17.6 Å². The maximum atomic E-state index is 13.9. The van der Waals surface area contributed by atoms with Crippen molar-refractivity contribution in [1.82, 2.24) is 10.6 Å². The normalized spacial score (nSPS) is 19.0. The first-order valence-corrected chi connectivity index (χ1v) is 14.4. The lowest BCUT2D eigenvalue weighted by molar-refractivity contribution is -0.384. The number of carbonyl (C=O) groups excluding carboxylic acids is 4. The molecule has 2 N–H and O–H groups in total. The van der Waals surface area contributed by atoms with Crippen LogP contribution >= 0.6 is 15.9 Å². The molecule has 0 radical (unpaired) electrons. The number of rotatable bonds is 8. The summed E-state index contributed by atoms with van der Waals surface area (Å²) in [5.41, 5.74) is 2.05. The van der Waals surface area contributed by atoms with Crippen LogP contribution in [0.1, 0.15) is 62.4 Å². The lowest BCUT2D eigenvalue weighted by Gasteiger charge is -2.39. The second-order valence-corrected chi connectivity index (χ2v) is 12.3. The number of amides is 1. The number of nitro benzene ring substituents is 1. The molecule has 3 atom stereocenters. The van der Waals surface area contributed by atoms with Crippen molar-refractivity contribution in [2.24, 2.45) is 5.41 Å². The van der Waals surface area contributed by atoms with E-state index in [1.54, 1.807) is 6.92 Å². The highest BCUT2D eigenvalue weighted by Crippen LogP contribution is 2.47.